The van der Waals surface area contributed by atoms with Crippen molar-refractivity contribution in [3.63, 3.8) is 0 Å². The van der Waals surface area contributed by atoms with Gasteiger partial charge in [0.15, 0.2) is 0 Å². The van der Waals surface area contributed by atoms with Gasteiger partial charge in [0.1, 0.15) is 5.56 Å². The molecule has 0 aliphatic rings. The maximum atomic E-state index is 13.0. The summed E-state index contributed by atoms with van der Waals surface area (Å²) < 4.78 is 44.2. The Balaban J connectivity index is 2.21. The van der Waals surface area contributed by atoms with Crippen molar-refractivity contribution in [3.05, 3.63) is 41.6 Å². The summed E-state index contributed by atoms with van der Waals surface area (Å²) in [5.74, 6) is 0.0592. The fraction of sp³-hybridized carbons (Fsp3) is 0.444. The minimum absolute atomic E-state index is 0.0652. The van der Waals surface area contributed by atoms with Crippen molar-refractivity contribution < 1.29 is 17.9 Å². The second-order valence-electron chi connectivity index (χ2n) is 5.81. The lowest BCUT2D eigenvalue weighted by atomic mass is 9.99. The molecule has 0 radical (unpaired) electrons. The molecule has 1 unspecified atom stereocenters. The van der Waals surface area contributed by atoms with Crippen LogP contribution in [0.1, 0.15) is 50.7 Å². The van der Waals surface area contributed by atoms with E-state index in [9.17, 15) is 13.2 Å². The van der Waals surface area contributed by atoms with Crippen molar-refractivity contribution in [2.75, 3.05) is 11.9 Å². The van der Waals surface area contributed by atoms with E-state index in [2.05, 4.69) is 29.1 Å². The molecule has 0 spiro atoms. The van der Waals surface area contributed by atoms with Crippen LogP contribution in [0.5, 0.6) is 5.88 Å². The van der Waals surface area contributed by atoms with Gasteiger partial charge in [-0.3, -0.25) is 0 Å². The maximum Gasteiger partial charge on any atom is 0.423 e. The molecule has 1 aromatic heterocycles. The monoisotopic (exact) mass is 353 g/mol. The van der Waals surface area contributed by atoms with Crippen molar-refractivity contribution in [3.8, 4) is 5.88 Å². The second kappa shape index (κ2) is 8.18. The Bertz CT molecular complexity index is 687. The van der Waals surface area contributed by atoms with Crippen LogP contribution in [0, 0.1) is 0 Å². The normalized spacial score (nSPS) is 12.7. The van der Waals surface area contributed by atoms with Gasteiger partial charge in [-0.2, -0.15) is 18.2 Å². The van der Waals surface area contributed by atoms with E-state index in [0.29, 0.717) is 18.0 Å². The van der Waals surface area contributed by atoms with Crippen LogP contribution < -0.4 is 10.1 Å². The van der Waals surface area contributed by atoms with E-state index >= 15 is 0 Å². The molecule has 1 heterocycles. The highest BCUT2D eigenvalue weighted by Crippen LogP contribution is 2.35. The number of anilines is 2. The summed E-state index contributed by atoms with van der Waals surface area (Å²) in [7, 11) is 0. The molecule has 1 N–H and O–H groups in total. The molecule has 136 valence electrons. The largest absolute Gasteiger partial charge is 0.477 e. The molecule has 0 amide bonds. The molecule has 1 atom stereocenters. The van der Waals surface area contributed by atoms with Crippen molar-refractivity contribution in [2.45, 2.75) is 45.7 Å². The Kier molecular flexibility index (Phi) is 6.22. The molecule has 4 nitrogen and oxygen atoms in total. The van der Waals surface area contributed by atoms with Gasteiger partial charge < -0.3 is 10.1 Å². The lowest BCUT2D eigenvalue weighted by molar-refractivity contribution is -0.139. The first-order chi connectivity index (χ1) is 11.8. The van der Waals surface area contributed by atoms with Gasteiger partial charge in [0.05, 0.1) is 6.61 Å². The molecule has 7 heteroatoms. The molecule has 25 heavy (non-hydrogen) atoms. The van der Waals surface area contributed by atoms with Gasteiger partial charge in [0.2, 0.25) is 11.8 Å². The Morgan fingerprint density at radius 1 is 1.16 bits per heavy atom. The molecule has 2 rings (SSSR count). The molecule has 1 aromatic carbocycles. The number of benzene rings is 1. The van der Waals surface area contributed by atoms with Gasteiger partial charge in [-0.25, -0.2) is 4.98 Å². The zero-order valence-corrected chi connectivity index (χ0v) is 14.5. The van der Waals surface area contributed by atoms with E-state index in [4.69, 9.17) is 4.74 Å². The Hall–Kier alpha value is -2.31. The highest BCUT2D eigenvalue weighted by Gasteiger charge is 2.36. The topological polar surface area (TPSA) is 47.0 Å². The minimum atomic E-state index is -4.56. The van der Waals surface area contributed by atoms with Crippen LogP contribution in [0.2, 0.25) is 0 Å². The summed E-state index contributed by atoms with van der Waals surface area (Å²) in [5.41, 5.74) is 0.931. The lowest BCUT2D eigenvalue weighted by Crippen LogP contribution is -2.12. The zero-order chi connectivity index (χ0) is 18.4. The van der Waals surface area contributed by atoms with E-state index in [0.717, 1.165) is 12.6 Å². The van der Waals surface area contributed by atoms with Gasteiger partial charge in [-0.05, 0) is 36.5 Å². The van der Waals surface area contributed by atoms with Crippen LogP contribution in [0.25, 0.3) is 0 Å². The third kappa shape index (κ3) is 5.08. The molecule has 0 aliphatic carbocycles. The molecule has 2 aromatic rings. The maximum absolute atomic E-state index is 13.0. The van der Waals surface area contributed by atoms with E-state index in [-0.39, 0.29) is 12.6 Å². The Labute approximate surface area is 145 Å². The average Bonchev–Trinajstić information content (AvgIpc) is 2.59. The summed E-state index contributed by atoms with van der Waals surface area (Å²) in [4.78, 5) is 7.64. The van der Waals surface area contributed by atoms with E-state index < -0.39 is 17.6 Å². The number of nitrogens with one attached hydrogen (secondary N) is 1. The summed E-state index contributed by atoms with van der Waals surface area (Å²) >= 11 is 0. The van der Waals surface area contributed by atoms with E-state index in [1.54, 1.807) is 0 Å². The number of halogens is 3. The smallest absolute Gasteiger partial charge is 0.423 e. The number of hydrogen-bond donors (Lipinski definition) is 1. The Morgan fingerprint density at radius 3 is 2.40 bits per heavy atom. The molecule has 0 aliphatic heterocycles. The SMILES string of the molecule is CCCOc1nc(Nc2ccc(C(C)CC)cc2)ncc1C(F)(F)F. The third-order valence-corrected chi connectivity index (χ3v) is 3.85. The van der Waals surface area contributed by atoms with Gasteiger partial charge in [0, 0.05) is 11.9 Å². The highest BCUT2D eigenvalue weighted by atomic mass is 19.4. The number of nitrogens with zero attached hydrogens (tertiary/aromatic N) is 2. The minimum Gasteiger partial charge on any atom is -0.477 e. The van der Waals surface area contributed by atoms with Crippen molar-refractivity contribution in [2.24, 2.45) is 0 Å². The van der Waals surface area contributed by atoms with Crippen LogP contribution in [-0.4, -0.2) is 16.6 Å². The highest BCUT2D eigenvalue weighted by molar-refractivity contribution is 5.54. The summed E-state index contributed by atoms with van der Waals surface area (Å²) in [6.07, 6.45) is -2.19. The number of alkyl halides is 3. The first kappa shape index (κ1) is 19.0. The van der Waals surface area contributed by atoms with E-state index in [1.807, 2.05) is 31.2 Å². The van der Waals surface area contributed by atoms with Crippen LogP contribution in [0.15, 0.2) is 30.5 Å². The summed E-state index contributed by atoms with van der Waals surface area (Å²) in [6.45, 7) is 6.22. The van der Waals surface area contributed by atoms with E-state index in [1.165, 1.54) is 5.56 Å². The van der Waals surface area contributed by atoms with Gasteiger partial charge in [-0.1, -0.05) is 32.9 Å². The molecule has 0 bridgehead atoms. The molecule has 0 saturated heterocycles. The lowest BCUT2D eigenvalue weighted by Gasteiger charge is -2.14. The molecular formula is C18H22F3N3O. The zero-order valence-electron chi connectivity index (χ0n) is 14.5. The van der Waals surface area contributed by atoms with Crippen LogP contribution >= 0.6 is 0 Å². The predicted molar refractivity (Wildman–Crippen MR) is 91.3 cm³/mol. The van der Waals surface area contributed by atoms with Crippen molar-refractivity contribution in [1.29, 1.82) is 0 Å². The fourth-order valence-electron chi connectivity index (χ4n) is 2.19. The first-order valence-electron chi connectivity index (χ1n) is 8.29. The third-order valence-electron chi connectivity index (χ3n) is 3.85. The van der Waals surface area contributed by atoms with Crippen molar-refractivity contribution in [1.82, 2.24) is 9.97 Å². The summed E-state index contributed by atoms with van der Waals surface area (Å²) in [6, 6.07) is 7.67. The van der Waals surface area contributed by atoms with Gasteiger partial charge >= 0.3 is 6.18 Å². The molecule has 0 saturated carbocycles. The van der Waals surface area contributed by atoms with Crippen LogP contribution in [-0.2, 0) is 6.18 Å². The van der Waals surface area contributed by atoms with Crippen LogP contribution in [0.4, 0.5) is 24.8 Å². The second-order valence-corrected chi connectivity index (χ2v) is 5.81. The first-order valence-corrected chi connectivity index (χ1v) is 8.29. The number of aromatic nitrogens is 2. The molecule has 0 fully saturated rings. The Morgan fingerprint density at radius 2 is 1.84 bits per heavy atom. The average molecular weight is 353 g/mol. The van der Waals surface area contributed by atoms with Crippen LogP contribution in [0.3, 0.4) is 0 Å². The number of hydrogen-bond acceptors (Lipinski definition) is 4. The van der Waals surface area contributed by atoms with Gasteiger partial charge in [0.25, 0.3) is 0 Å². The quantitative estimate of drug-likeness (QED) is 0.710. The predicted octanol–water partition coefficient (Wildman–Crippen LogP) is 5.54. The number of ether oxygens (including phenoxy) is 1. The standard InChI is InChI=1S/C18H22F3N3O/c1-4-10-25-16-15(18(19,20)21)11-22-17(24-16)23-14-8-6-13(7-9-14)12(3)5-2/h6-9,11-12H,4-5,10H2,1-3H3,(H,22,23,24). The number of rotatable bonds is 7. The molecular weight excluding hydrogens is 331 g/mol. The summed E-state index contributed by atoms with van der Waals surface area (Å²) in [5, 5.41) is 2.91. The fourth-order valence-corrected chi connectivity index (χ4v) is 2.19. The van der Waals surface area contributed by atoms with Gasteiger partial charge in [-0.15, -0.1) is 0 Å². The van der Waals surface area contributed by atoms with Crippen molar-refractivity contribution >= 4 is 11.6 Å².